The number of aryl methyl sites for hydroxylation is 1. The Morgan fingerprint density at radius 3 is 2.58 bits per heavy atom. The fourth-order valence-corrected chi connectivity index (χ4v) is 4.55. The molecule has 0 unspecified atom stereocenters. The van der Waals surface area contributed by atoms with Crippen molar-refractivity contribution in [3.8, 4) is 5.75 Å². The number of halogens is 1. The van der Waals surface area contributed by atoms with Gasteiger partial charge < -0.3 is 10.1 Å². The number of hydrogen-bond acceptors (Lipinski definition) is 4. The maximum absolute atomic E-state index is 12.0. The topological polar surface area (TPSA) is 75.7 Å². The van der Waals surface area contributed by atoms with Gasteiger partial charge in [-0.15, -0.1) is 0 Å². The molecule has 0 bridgehead atoms. The van der Waals surface area contributed by atoms with Crippen molar-refractivity contribution in [1.29, 1.82) is 0 Å². The van der Waals surface area contributed by atoms with Gasteiger partial charge in [-0.25, -0.2) is 8.42 Å². The van der Waals surface area contributed by atoms with Crippen LogP contribution in [-0.4, -0.2) is 33.2 Å². The average molecular weight is 395 g/mol. The molecule has 26 heavy (non-hydrogen) atoms. The summed E-state index contributed by atoms with van der Waals surface area (Å²) in [5.41, 5.74) is 2.03. The van der Waals surface area contributed by atoms with Gasteiger partial charge >= 0.3 is 0 Å². The Morgan fingerprint density at radius 2 is 1.96 bits per heavy atom. The van der Waals surface area contributed by atoms with Crippen LogP contribution in [0.15, 0.2) is 42.5 Å². The maximum Gasteiger partial charge on any atom is 0.262 e. The van der Waals surface area contributed by atoms with Crippen molar-refractivity contribution in [2.45, 2.75) is 13.3 Å². The molecule has 0 spiro atoms. The van der Waals surface area contributed by atoms with Gasteiger partial charge in [-0.2, -0.15) is 0 Å². The second kappa shape index (κ2) is 7.55. The normalized spacial score (nSPS) is 15.7. The number of anilines is 2. The molecule has 3 rings (SSSR count). The molecule has 1 amide bonds. The van der Waals surface area contributed by atoms with Gasteiger partial charge in [0.05, 0.1) is 11.4 Å². The van der Waals surface area contributed by atoms with E-state index in [9.17, 15) is 13.2 Å². The molecule has 0 radical (unpaired) electrons. The highest BCUT2D eigenvalue weighted by Gasteiger charge is 2.28. The number of carbonyl (C=O) groups is 1. The van der Waals surface area contributed by atoms with Crippen LogP contribution < -0.4 is 14.4 Å². The smallest absolute Gasteiger partial charge is 0.262 e. The van der Waals surface area contributed by atoms with Crippen LogP contribution >= 0.6 is 11.6 Å². The minimum atomic E-state index is -3.21. The molecular formula is C18H19ClN2O4S. The zero-order chi connectivity index (χ0) is 18.7. The summed E-state index contributed by atoms with van der Waals surface area (Å²) in [6.45, 7) is 2.21. The largest absolute Gasteiger partial charge is 0.483 e. The standard InChI is InChI=1S/C18H19ClN2O4S/c1-13-11-14(19)3-8-17(13)25-12-18(22)20-15-4-6-16(7-5-15)21-9-2-10-26(21,23)24/h3-8,11H,2,9-10,12H2,1H3,(H,20,22). The molecule has 0 saturated carbocycles. The molecule has 1 saturated heterocycles. The van der Waals surface area contributed by atoms with Crippen LogP contribution in [0.3, 0.4) is 0 Å². The van der Waals surface area contributed by atoms with E-state index in [0.29, 0.717) is 35.1 Å². The van der Waals surface area contributed by atoms with E-state index in [-0.39, 0.29) is 18.3 Å². The van der Waals surface area contributed by atoms with Crippen molar-refractivity contribution < 1.29 is 17.9 Å². The minimum absolute atomic E-state index is 0.134. The van der Waals surface area contributed by atoms with E-state index in [1.807, 2.05) is 6.92 Å². The molecule has 1 heterocycles. The molecule has 1 aliphatic rings. The molecule has 1 fully saturated rings. The van der Waals surface area contributed by atoms with Crippen molar-refractivity contribution in [3.63, 3.8) is 0 Å². The van der Waals surface area contributed by atoms with Gasteiger partial charge in [-0.1, -0.05) is 11.6 Å². The average Bonchev–Trinajstić information content (AvgIpc) is 2.94. The van der Waals surface area contributed by atoms with Crippen molar-refractivity contribution in [1.82, 2.24) is 0 Å². The molecule has 2 aromatic rings. The summed E-state index contributed by atoms with van der Waals surface area (Å²) in [6, 6.07) is 11.9. The molecule has 138 valence electrons. The third kappa shape index (κ3) is 4.28. The van der Waals surface area contributed by atoms with E-state index < -0.39 is 10.0 Å². The Balaban J connectivity index is 1.58. The molecule has 0 atom stereocenters. The highest BCUT2D eigenvalue weighted by atomic mass is 35.5. The fourth-order valence-electron chi connectivity index (χ4n) is 2.76. The summed E-state index contributed by atoms with van der Waals surface area (Å²) in [4.78, 5) is 12.0. The Kier molecular flexibility index (Phi) is 5.38. The molecular weight excluding hydrogens is 376 g/mol. The van der Waals surface area contributed by atoms with Crippen LogP contribution in [0.2, 0.25) is 5.02 Å². The van der Waals surface area contributed by atoms with Crippen LogP contribution in [0.1, 0.15) is 12.0 Å². The minimum Gasteiger partial charge on any atom is -0.483 e. The zero-order valence-corrected chi connectivity index (χ0v) is 15.8. The number of rotatable bonds is 5. The van der Waals surface area contributed by atoms with Crippen LogP contribution in [0, 0.1) is 6.92 Å². The van der Waals surface area contributed by atoms with Gasteiger partial charge in [-0.3, -0.25) is 9.10 Å². The second-order valence-electron chi connectivity index (χ2n) is 6.04. The monoisotopic (exact) mass is 394 g/mol. The molecule has 6 nitrogen and oxygen atoms in total. The number of nitrogens with one attached hydrogen (secondary N) is 1. The Hall–Kier alpha value is -2.25. The van der Waals surface area contributed by atoms with E-state index >= 15 is 0 Å². The zero-order valence-electron chi connectivity index (χ0n) is 14.2. The predicted molar refractivity (Wildman–Crippen MR) is 103 cm³/mol. The Labute approximate surface area is 157 Å². The number of carbonyl (C=O) groups excluding carboxylic acids is 1. The van der Waals surface area contributed by atoms with E-state index in [0.717, 1.165) is 5.56 Å². The van der Waals surface area contributed by atoms with Gasteiger partial charge in [0, 0.05) is 17.3 Å². The van der Waals surface area contributed by atoms with Crippen molar-refractivity contribution >= 4 is 38.9 Å². The number of nitrogens with zero attached hydrogens (tertiary/aromatic N) is 1. The first kappa shape index (κ1) is 18.5. The predicted octanol–water partition coefficient (Wildman–Crippen LogP) is 3.21. The summed E-state index contributed by atoms with van der Waals surface area (Å²) < 4.78 is 30.7. The fraction of sp³-hybridized carbons (Fsp3) is 0.278. The summed E-state index contributed by atoms with van der Waals surface area (Å²) in [7, 11) is -3.21. The van der Waals surface area contributed by atoms with Crippen molar-refractivity contribution in [2.24, 2.45) is 0 Å². The first-order valence-corrected chi connectivity index (χ1v) is 10.1. The molecule has 0 aliphatic carbocycles. The number of amides is 1. The summed E-state index contributed by atoms with van der Waals surface area (Å²) in [5.74, 6) is 0.465. The van der Waals surface area contributed by atoms with E-state index in [1.165, 1.54) is 4.31 Å². The van der Waals surface area contributed by atoms with Gasteiger partial charge in [-0.05, 0) is 61.4 Å². The molecule has 0 aromatic heterocycles. The first-order valence-electron chi connectivity index (χ1n) is 8.14. The lowest BCUT2D eigenvalue weighted by Gasteiger charge is -2.17. The molecule has 8 heteroatoms. The summed E-state index contributed by atoms with van der Waals surface area (Å²) in [5, 5.41) is 3.33. The van der Waals surface area contributed by atoms with Crippen LogP contribution in [0.5, 0.6) is 5.75 Å². The number of ether oxygens (including phenoxy) is 1. The molecule has 1 aliphatic heterocycles. The van der Waals surface area contributed by atoms with E-state index in [2.05, 4.69) is 5.32 Å². The molecule has 2 aromatic carbocycles. The number of sulfonamides is 1. The van der Waals surface area contributed by atoms with Crippen LogP contribution in [0.4, 0.5) is 11.4 Å². The highest BCUT2D eigenvalue weighted by molar-refractivity contribution is 7.93. The van der Waals surface area contributed by atoms with E-state index in [4.69, 9.17) is 16.3 Å². The summed E-state index contributed by atoms with van der Waals surface area (Å²) in [6.07, 6.45) is 0.627. The summed E-state index contributed by atoms with van der Waals surface area (Å²) >= 11 is 5.89. The number of benzene rings is 2. The third-order valence-corrected chi connectivity index (χ3v) is 6.14. The van der Waals surface area contributed by atoms with Gasteiger partial charge in [0.2, 0.25) is 10.0 Å². The highest BCUT2D eigenvalue weighted by Crippen LogP contribution is 2.25. The van der Waals surface area contributed by atoms with Crippen LogP contribution in [-0.2, 0) is 14.8 Å². The van der Waals surface area contributed by atoms with Crippen molar-refractivity contribution in [3.05, 3.63) is 53.1 Å². The third-order valence-electron chi connectivity index (χ3n) is 4.03. The molecule has 1 N–H and O–H groups in total. The van der Waals surface area contributed by atoms with E-state index in [1.54, 1.807) is 42.5 Å². The number of hydrogen-bond donors (Lipinski definition) is 1. The van der Waals surface area contributed by atoms with Gasteiger partial charge in [0.15, 0.2) is 6.61 Å². The first-order chi connectivity index (χ1) is 12.3. The SMILES string of the molecule is Cc1cc(Cl)ccc1OCC(=O)Nc1ccc(N2CCCS2(=O)=O)cc1. The van der Waals surface area contributed by atoms with Gasteiger partial charge in [0.1, 0.15) is 5.75 Å². The van der Waals surface area contributed by atoms with Crippen LogP contribution in [0.25, 0.3) is 0 Å². The lowest BCUT2D eigenvalue weighted by molar-refractivity contribution is -0.118. The van der Waals surface area contributed by atoms with Crippen molar-refractivity contribution in [2.75, 3.05) is 28.5 Å². The van der Waals surface area contributed by atoms with Gasteiger partial charge in [0.25, 0.3) is 5.91 Å². The Morgan fingerprint density at radius 1 is 1.23 bits per heavy atom. The quantitative estimate of drug-likeness (QED) is 0.844. The Bertz CT molecular complexity index is 913. The maximum atomic E-state index is 12.0. The lowest BCUT2D eigenvalue weighted by Crippen LogP contribution is -2.25. The lowest BCUT2D eigenvalue weighted by atomic mass is 10.2. The second-order valence-corrected chi connectivity index (χ2v) is 8.48.